The van der Waals surface area contributed by atoms with Gasteiger partial charge in [0, 0.05) is 30.3 Å². The van der Waals surface area contributed by atoms with E-state index < -0.39 is 0 Å². The van der Waals surface area contributed by atoms with Crippen LogP contribution in [0.2, 0.25) is 0 Å². The Bertz CT molecular complexity index is 807. The summed E-state index contributed by atoms with van der Waals surface area (Å²) in [6.45, 7) is 4.14. The van der Waals surface area contributed by atoms with Crippen molar-refractivity contribution in [2.75, 3.05) is 19.6 Å². The first-order valence-corrected chi connectivity index (χ1v) is 9.63. The number of aromatic nitrogens is 1. The largest absolute Gasteiger partial charge is 0.305 e. The highest BCUT2D eigenvalue weighted by Crippen LogP contribution is 2.36. The van der Waals surface area contributed by atoms with Crippen molar-refractivity contribution in [1.29, 1.82) is 0 Å². The lowest BCUT2D eigenvalue weighted by Gasteiger charge is -2.38. The zero-order chi connectivity index (χ0) is 17.4. The van der Waals surface area contributed by atoms with Crippen molar-refractivity contribution in [3.8, 4) is 0 Å². The number of hydrogen-bond donors (Lipinski definition) is 1. The van der Waals surface area contributed by atoms with Gasteiger partial charge in [0.15, 0.2) is 0 Å². The van der Waals surface area contributed by atoms with Crippen molar-refractivity contribution in [2.24, 2.45) is 0 Å². The topological polar surface area (TPSA) is 45.2 Å². The third-order valence-corrected chi connectivity index (χ3v) is 5.74. The third kappa shape index (κ3) is 3.28. The summed E-state index contributed by atoms with van der Waals surface area (Å²) < 4.78 is 1.03. The van der Waals surface area contributed by atoms with Crippen LogP contribution in [0, 0.1) is 0 Å². The Hall–Kier alpha value is -1.56. The van der Waals surface area contributed by atoms with E-state index >= 15 is 0 Å². The molecular formula is C20H22BrN3O. The van der Waals surface area contributed by atoms with Crippen molar-refractivity contribution < 1.29 is 4.79 Å². The normalized spacial score (nSPS) is 23.4. The zero-order valence-corrected chi connectivity index (χ0v) is 15.9. The van der Waals surface area contributed by atoms with E-state index in [1.807, 2.05) is 6.20 Å². The van der Waals surface area contributed by atoms with Crippen LogP contribution in [-0.2, 0) is 17.6 Å². The molecule has 5 heteroatoms. The first-order valence-electron chi connectivity index (χ1n) is 8.83. The molecule has 1 saturated heterocycles. The number of piperazine rings is 1. The number of ketones is 1. The Morgan fingerprint density at radius 2 is 2.08 bits per heavy atom. The molecule has 4 rings (SSSR count). The van der Waals surface area contributed by atoms with Gasteiger partial charge in [0.05, 0.1) is 17.8 Å². The summed E-state index contributed by atoms with van der Waals surface area (Å²) in [7, 11) is 0. The molecule has 0 amide bonds. The molecule has 130 valence electrons. The lowest BCUT2D eigenvalue weighted by molar-refractivity contribution is -0.120. The van der Waals surface area contributed by atoms with Crippen LogP contribution in [0.5, 0.6) is 0 Å². The minimum absolute atomic E-state index is 0.0944. The first-order chi connectivity index (χ1) is 12.1. The molecule has 1 aliphatic heterocycles. The van der Waals surface area contributed by atoms with Gasteiger partial charge in [0.2, 0.25) is 0 Å². The van der Waals surface area contributed by atoms with Crippen molar-refractivity contribution in [1.82, 2.24) is 15.2 Å². The Morgan fingerprint density at radius 3 is 2.92 bits per heavy atom. The van der Waals surface area contributed by atoms with Gasteiger partial charge < -0.3 is 5.32 Å². The number of fused-ring (bicyclic) bond motifs is 2. The monoisotopic (exact) mass is 399 g/mol. The van der Waals surface area contributed by atoms with Gasteiger partial charge in [0.25, 0.3) is 0 Å². The molecule has 1 unspecified atom stereocenters. The van der Waals surface area contributed by atoms with Gasteiger partial charge in [0.1, 0.15) is 5.78 Å². The van der Waals surface area contributed by atoms with Gasteiger partial charge in [-0.25, -0.2) is 0 Å². The molecule has 2 atom stereocenters. The number of Topliss-reactive ketones (excluding diaryl/α,β-unsaturated/α-hetero) is 1. The minimum Gasteiger partial charge on any atom is -0.305 e. The number of hydrogen-bond acceptors (Lipinski definition) is 4. The van der Waals surface area contributed by atoms with Gasteiger partial charge in [-0.1, -0.05) is 24.3 Å². The summed E-state index contributed by atoms with van der Waals surface area (Å²) in [5, 5.41) is 3.34. The van der Waals surface area contributed by atoms with E-state index in [0.29, 0.717) is 0 Å². The number of rotatable bonds is 2. The zero-order valence-electron chi connectivity index (χ0n) is 14.3. The smallest absolute Gasteiger partial charge is 0.147 e. The summed E-state index contributed by atoms with van der Waals surface area (Å²) in [5.74, 6) is 0.204. The summed E-state index contributed by atoms with van der Waals surface area (Å²) in [6.07, 6.45) is 3.92. The molecule has 2 aliphatic rings. The fourth-order valence-electron chi connectivity index (χ4n) is 4.03. The predicted octanol–water partition coefficient (Wildman–Crippen LogP) is 2.89. The maximum absolute atomic E-state index is 11.9. The van der Waals surface area contributed by atoms with E-state index in [1.165, 1.54) is 16.7 Å². The number of pyridine rings is 1. The van der Waals surface area contributed by atoms with E-state index in [0.717, 1.165) is 42.6 Å². The van der Waals surface area contributed by atoms with Crippen LogP contribution in [0.3, 0.4) is 0 Å². The fraction of sp³-hybridized carbons (Fsp3) is 0.400. The second-order valence-corrected chi connectivity index (χ2v) is 7.83. The lowest BCUT2D eigenvalue weighted by Crippen LogP contribution is -2.54. The van der Waals surface area contributed by atoms with Crippen LogP contribution in [0.15, 0.2) is 41.0 Å². The molecule has 1 aliphatic carbocycles. The highest BCUT2D eigenvalue weighted by atomic mass is 79.9. The third-order valence-electron chi connectivity index (χ3n) is 5.30. The Labute approximate surface area is 156 Å². The van der Waals surface area contributed by atoms with Crippen LogP contribution in [0.1, 0.15) is 35.3 Å². The molecule has 0 spiro atoms. The molecule has 1 aromatic heterocycles. The number of nitrogens with zero attached hydrogens (tertiary/aromatic N) is 2. The van der Waals surface area contributed by atoms with Crippen LogP contribution in [0.4, 0.5) is 0 Å². The summed E-state index contributed by atoms with van der Waals surface area (Å²) in [5.41, 5.74) is 5.16. The number of halogens is 1. The second-order valence-electron chi connectivity index (χ2n) is 6.91. The van der Waals surface area contributed by atoms with Gasteiger partial charge in [-0.15, -0.1) is 0 Å². The highest BCUT2D eigenvalue weighted by Gasteiger charge is 2.33. The molecule has 1 fully saturated rings. The maximum atomic E-state index is 11.9. The van der Waals surface area contributed by atoms with E-state index in [2.05, 4.69) is 56.5 Å². The Morgan fingerprint density at radius 1 is 1.28 bits per heavy atom. The first kappa shape index (κ1) is 16.9. The molecular weight excluding hydrogens is 378 g/mol. The molecule has 2 heterocycles. The van der Waals surface area contributed by atoms with Crippen LogP contribution >= 0.6 is 15.9 Å². The van der Waals surface area contributed by atoms with Crippen molar-refractivity contribution in [3.63, 3.8) is 0 Å². The van der Waals surface area contributed by atoms with Crippen molar-refractivity contribution >= 4 is 21.7 Å². The number of carbonyl (C=O) groups is 1. The standard InChI is InChI=1S/C20H22BrN3O/c1-13(25)18-12-24(9-8-22-18)20-17-5-3-2-4-14(17)6-7-15-10-16(21)11-23-19(15)20/h2-5,10-11,18,20,22H,6-9,12H2,1H3/t18-,20?/m1/s1. The molecule has 0 bridgehead atoms. The van der Waals surface area contributed by atoms with E-state index in [4.69, 9.17) is 4.98 Å². The number of nitrogens with one attached hydrogen (secondary N) is 1. The van der Waals surface area contributed by atoms with Crippen molar-refractivity contribution in [2.45, 2.75) is 31.8 Å². The van der Waals surface area contributed by atoms with Gasteiger partial charge >= 0.3 is 0 Å². The maximum Gasteiger partial charge on any atom is 0.147 e. The van der Waals surface area contributed by atoms with E-state index in [1.54, 1.807) is 6.92 Å². The number of benzene rings is 1. The van der Waals surface area contributed by atoms with Crippen molar-refractivity contribution in [3.05, 3.63) is 63.4 Å². The van der Waals surface area contributed by atoms with Crippen LogP contribution in [0.25, 0.3) is 0 Å². The molecule has 1 aromatic carbocycles. The molecule has 0 saturated carbocycles. The lowest BCUT2D eigenvalue weighted by atomic mass is 9.95. The highest BCUT2D eigenvalue weighted by molar-refractivity contribution is 9.10. The molecule has 25 heavy (non-hydrogen) atoms. The van der Waals surface area contributed by atoms with Gasteiger partial charge in [-0.05, 0) is 58.5 Å². The Kier molecular flexibility index (Phi) is 4.71. The second kappa shape index (κ2) is 6.98. The van der Waals surface area contributed by atoms with Gasteiger partial charge in [-0.2, -0.15) is 0 Å². The summed E-state index contributed by atoms with van der Waals surface area (Å²) >= 11 is 3.56. The number of aryl methyl sites for hydroxylation is 2. The minimum atomic E-state index is -0.0944. The van der Waals surface area contributed by atoms with E-state index in [-0.39, 0.29) is 17.9 Å². The van der Waals surface area contributed by atoms with Crippen LogP contribution in [-0.4, -0.2) is 41.3 Å². The summed E-state index contributed by atoms with van der Waals surface area (Å²) in [4.78, 5) is 19.2. The number of carbonyl (C=O) groups excluding carboxylic acids is 1. The SMILES string of the molecule is CC(=O)[C@H]1CN(C2c3ccccc3CCc3cc(Br)cnc32)CCN1. The summed E-state index contributed by atoms with van der Waals surface area (Å²) in [6, 6.07) is 10.9. The van der Waals surface area contributed by atoms with E-state index in [9.17, 15) is 4.79 Å². The molecule has 0 radical (unpaired) electrons. The average molecular weight is 400 g/mol. The molecule has 2 aromatic rings. The molecule has 4 nitrogen and oxygen atoms in total. The molecule has 1 N–H and O–H groups in total. The van der Waals surface area contributed by atoms with Gasteiger partial charge in [-0.3, -0.25) is 14.7 Å². The average Bonchev–Trinajstić information content (AvgIpc) is 2.78. The predicted molar refractivity (Wildman–Crippen MR) is 102 cm³/mol. The quantitative estimate of drug-likeness (QED) is 0.842. The van der Waals surface area contributed by atoms with Crippen LogP contribution < -0.4 is 5.32 Å². The Balaban J connectivity index is 1.81. The fourth-order valence-corrected chi connectivity index (χ4v) is 4.41.